The first-order valence-electron chi connectivity index (χ1n) is 36.3. The van der Waals surface area contributed by atoms with Crippen LogP contribution in [0, 0.1) is 0 Å². The highest BCUT2D eigenvalue weighted by Gasteiger charge is 2.37. The lowest BCUT2D eigenvalue weighted by Crippen LogP contribution is -2.50. The number of hydrogen-bond acceptors (Lipinski definition) is 27. The highest BCUT2D eigenvalue weighted by Crippen LogP contribution is 2.19. The lowest BCUT2D eigenvalue weighted by atomic mass is 10.1. The van der Waals surface area contributed by atoms with Crippen LogP contribution in [-0.2, 0) is 104 Å². The van der Waals surface area contributed by atoms with Gasteiger partial charge in [0, 0.05) is 184 Å². The van der Waals surface area contributed by atoms with Gasteiger partial charge in [0.2, 0.25) is 23.6 Å². The van der Waals surface area contributed by atoms with E-state index in [2.05, 4.69) is 10.6 Å². The number of ether oxygens (including phenoxy) is 6. The summed E-state index contributed by atoms with van der Waals surface area (Å²) < 4.78 is 32.1. The number of hydrogen-bond donors (Lipinski definition) is 3. The zero-order chi connectivity index (χ0) is 83.9. The van der Waals surface area contributed by atoms with E-state index >= 15 is 0 Å². The molecule has 39 nitrogen and oxygen atoms in total. The number of nitrogens with one attached hydrogen (secondary N) is 2. The van der Waals surface area contributed by atoms with Gasteiger partial charge in [0.15, 0.2) is 0 Å². The van der Waals surface area contributed by atoms with E-state index in [1.54, 1.807) is 62.6 Å². The maximum atomic E-state index is 13.3. The Morgan fingerprint density at radius 1 is 0.442 bits per heavy atom. The molecule has 3 aliphatic heterocycles. The molecule has 0 aliphatic carbocycles. The molecule has 0 aromatic heterocycles. The number of carbonyl (C=O) groups excluding carboxylic acids is 17. The average Bonchev–Trinajstić information content (AvgIpc) is 1.84. The molecule has 620 valence electrons. The third-order valence-electron chi connectivity index (χ3n) is 17.2. The molecule has 3 N–H and O–H groups in total. The highest BCUT2D eigenvalue weighted by molar-refractivity contribution is 6.13. The van der Waals surface area contributed by atoms with Gasteiger partial charge in [-0.15, -0.1) is 5.06 Å². The Morgan fingerprint density at radius 2 is 0.796 bits per heavy atom. The molecule has 5 rings (SSSR count). The number of Topliss-reactive ketones (excluding diaryl/α,β-unsaturated/α-hetero) is 2. The van der Waals surface area contributed by atoms with Crippen molar-refractivity contribution in [3.63, 3.8) is 0 Å². The summed E-state index contributed by atoms with van der Waals surface area (Å²) in [5.41, 5.74) is 1.32. The smallest absolute Gasteiger partial charge is 0.415 e. The number of carboxylic acids is 1. The van der Waals surface area contributed by atoms with Gasteiger partial charge in [-0.25, -0.2) is 24.0 Å². The first-order valence-corrected chi connectivity index (χ1v) is 36.3. The Kier molecular flexibility index (Phi) is 40.6. The van der Waals surface area contributed by atoms with Crippen LogP contribution in [0.3, 0.4) is 0 Å². The minimum atomic E-state index is -1.45. The molecule has 0 saturated carbocycles. The summed E-state index contributed by atoms with van der Waals surface area (Å²) in [4.78, 5) is 239. The van der Waals surface area contributed by atoms with E-state index < -0.39 is 134 Å². The maximum Gasteiger partial charge on any atom is 0.415 e. The summed E-state index contributed by atoms with van der Waals surface area (Å²) in [5, 5.41) is 14.9. The summed E-state index contributed by atoms with van der Waals surface area (Å²) in [5.74, 6) is -8.29. The molecular formula is C74H103N13O26. The van der Waals surface area contributed by atoms with Gasteiger partial charge in [0.1, 0.15) is 61.6 Å². The van der Waals surface area contributed by atoms with E-state index in [9.17, 15) is 91.4 Å². The molecule has 0 bridgehead atoms. The number of ketones is 2. The van der Waals surface area contributed by atoms with Gasteiger partial charge in [-0.2, -0.15) is 0 Å². The number of nitrogens with zero attached hydrogens (tertiary/aromatic N) is 11. The van der Waals surface area contributed by atoms with Crippen LogP contribution in [0.15, 0.2) is 72.8 Å². The monoisotopic (exact) mass is 1590 g/mol. The SMILES string of the molecule is CN(C)CCN(C)C(=O)Oc1ccc(COC(=O)N(C)CCCNC(=O)[C@H](CC(=O)O)N(C)C(=O)COCCCC(=O)CCN2C(=O)C=CC2=O)cc1.CN(C)CCN(C)C(=O)Oc1ccc(COC(=O)N(C)CCCNC(=O)[C@H](CC(=O)ON2C(=O)CCC2=O)N(C)C(=O)COCCCC(=O)CCN2C(=O)C=CC2=O)cc1. The Labute approximate surface area is 654 Å². The second kappa shape index (κ2) is 48.9. The number of carbonyl (C=O) groups is 18. The Morgan fingerprint density at radius 3 is 1.15 bits per heavy atom. The minimum absolute atomic E-state index is 0.000941. The quantitative estimate of drug-likeness (QED) is 0.0614. The molecule has 0 spiro atoms. The lowest BCUT2D eigenvalue weighted by molar-refractivity contribution is -0.198. The molecule has 2 aromatic rings. The van der Waals surface area contributed by atoms with E-state index in [1.165, 1.54) is 47.8 Å². The average molecular weight is 1590 g/mol. The number of amides is 14. The first kappa shape index (κ1) is 93.8. The van der Waals surface area contributed by atoms with Crippen molar-refractivity contribution < 1.29 is 125 Å². The van der Waals surface area contributed by atoms with Gasteiger partial charge in [0.25, 0.3) is 35.4 Å². The summed E-state index contributed by atoms with van der Waals surface area (Å²) in [6.07, 6.45) is 1.83. The lowest BCUT2D eigenvalue weighted by Gasteiger charge is -2.27. The molecule has 113 heavy (non-hydrogen) atoms. The van der Waals surface area contributed by atoms with E-state index in [1.807, 2.05) is 38.0 Å². The van der Waals surface area contributed by atoms with Crippen LogP contribution in [0.4, 0.5) is 19.2 Å². The van der Waals surface area contributed by atoms with Crippen LogP contribution in [-0.4, -0.2) is 341 Å². The Bertz CT molecular complexity index is 3690. The predicted molar refractivity (Wildman–Crippen MR) is 396 cm³/mol. The number of imide groups is 3. The highest BCUT2D eigenvalue weighted by atomic mass is 16.7. The van der Waals surface area contributed by atoms with Crippen LogP contribution < -0.4 is 20.1 Å². The largest absolute Gasteiger partial charge is 0.481 e. The van der Waals surface area contributed by atoms with Crippen LogP contribution in [0.2, 0.25) is 0 Å². The number of rotatable bonds is 47. The Hall–Kier alpha value is -11.6. The summed E-state index contributed by atoms with van der Waals surface area (Å²) in [6, 6.07) is 10.2. The molecule has 1 saturated heterocycles. The van der Waals surface area contributed by atoms with Crippen molar-refractivity contribution in [1.82, 2.24) is 64.7 Å². The van der Waals surface area contributed by atoms with Crippen molar-refractivity contribution in [2.75, 3.05) is 162 Å². The molecule has 39 heteroatoms. The third kappa shape index (κ3) is 34.7. The Balaban J connectivity index is 0.000000480. The van der Waals surface area contributed by atoms with Gasteiger partial charge < -0.3 is 88.2 Å². The molecule has 3 aliphatic rings. The van der Waals surface area contributed by atoms with Crippen LogP contribution in [0.25, 0.3) is 0 Å². The fraction of sp³-hybridized carbons (Fsp3) is 0.541. The van der Waals surface area contributed by atoms with Crippen LogP contribution in [0.5, 0.6) is 11.5 Å². The number of likely N-dealkylation sites (N-methyl/N-ethyl adjacent to an activating group) is 6. The number of benzene rings is 2. The normalized spacial score (nSPS) is 13.4. The molecule has 3 heterocycles. The van der Waals surface area contributed by atoms with Gasteiger partial charge in [-0.1, -0.05) is 24.3 Å². The molecular weight excluding hydrogens is 1490 g/mol. The zero-order valence-corrected chi connectivity index (χ0v) is 65.5. The van der Waals surface area contributed by atoms with Crippen molar-refractivity contribution in [3.05, 3.63) is 84.0 Å². The minimum Gasteiger partial charge on any atom is -0.481 e. The summed E-state index contributed by atoms with van der Waals surface area (Å²) in [6.45, 7) is 1.73. The second-order valence-corrected chi connectivity index (χ2v) is 26.8. The topological polar surface area (TPSA) is 452 Å². The predicted octanol–water partition coefficient (Wildman–Crippen LogP) is 0.995. The van der Waals surface area contributed by atoms with E-state index in [0.29, 0.717) is 60.3 Å². The number of carboxylic acid groups (broad SMARTS) is 1. The van der Waals surface area contributed by atoms with Gasteiger partial charge in [-0.3, -0.25) is 72.1 Å². The first-order chi connectivity index (χ1) is 53.5. The van der Waals surface area contributed by atoms with Crippen LogP contribution in [0.1, 0.15) is 88.2 Å². The van der Waals surface area contributed by atoms with Crippen molar-refractivity contribution in [3.8, 4) is 11.5 Å². The molecule has 14 amide bonds. The molecule has 2 atom stereocenters. The number of hydroxylamine groups is 2. The molecule has 2 aromatic carbocycles. The standard InChI is InChI=1S/C39H53N7O14.C35H50N6O12/c1-41(2)21-22-43(4)39(56)59-29-11-9-27(10-12-29)25-58-38(55)42(3)19-7-18-40-37(54)30(24-36(53)60-46-33(50)15-16-34(46)51)44(5)35(52)26-57-23-6-8-28(47)17-20-45-31(48)13-14-32(45)49;1-37(2)19-20-39(4)35(50)53-27-11-9-25(10-12-27)23-52-34(49)38(3)17-7-16-36-33(48)28(22-32(46)47)40(5)31(45)24-51-21-6-8-26(42)15-18-41-29(43)13-14-30(41)44/h9-14,30H,6-8,15-26H2,1-5H3,(H,40,54);9-14,28H,6-8,15-24H2,1-5H3,(H,36,48)(H,46,47)/t30-;28-/m00/s1. The summed E-state index contributed by atoms with van der Waals surface area (Å²) in [7, 11) is 16.5. The van der Waals surface area contributed by atoms with Crippen molar-refractivity contribution in [1.29, 1.82) is 0 Å². The van der Waals surface area contributed by atoms with Crippen molar-refractivity contribution in [2.24, 2.45) is 0 Å². The number of aliphatic carboxylic acids is 1. The van der Waals surface area contributed by atoms with Gasteiger partial charge in [0.05, 0.1) is 12.8 Å². The van der Waals surface area contributed by atoms with Gasteiger partial charge >= 0.3 is 36.3 Å². The summed E-state index contributed by atoms with van der Waals surface area (Å²) >= 11 is 0. The van der Waals surface area contributed by atoms with Crippen molar-refractivity contribution in [2.45, 2.75) is 102 Å². The zero-order valence-electron chi connectivity index (χ0n) is 65.5. The molecule has 1 fully saturated rings. The molecule has 0 unspecified atom stereocenters. The van der Waals surface area contributed by atoms with Crippen LogP contribution >= 0.6 is 0 Å². The maximum absolute atomic E-state index is 13.3. The fourth-order valence-electron chi connectivity index (χ4n) is 10.1. The van der Waals surface area contributed by atoms with E-state index in [-0.39, 0.29) is 135 Å². The van der Waals surface area contributed by atoms with E-state index in [0.717, 1.165) is 43.9 Å². The molecule has 0 radical (unpaired) electrons. The third-order valence-corrected chi connectivity index (χ3v) is 17.2. The van der Waals surface area contributed by atoms with Crippen molar-refractivity contribution >= 4 is 107 Å². The second-order valence-electron chi connectivity index (χ2n) is 26.8. The van der Waals surface area contributed by atoms with Gasteiger partial charge in [-0.05, 0) is 89.3 Å². The fourth-order valence-corrected chi connectivity index (χ4v) is 10.1. The van der Waals surface area contributed by atoms with E-state index in [4.69, 9.17) is 33.3 Å².